The second-order valence-corrected chi connectivity index (χ2v) is 5.52. The van der Waals surface area contributed by atoms with Crippen molar-refractivity contribution in [2.24, 2.45) is 5.73 Å². The van der Waals surface area contributed by atoms with Crippen LogP contribution >= 0.6 is 12.4 Å². The molecular formula is C18H29ClN2O2. The van der Waals surface area contributed by atoms with E-state index in [1.807, 2.05) is 19.2 Å². The lowest BCUT2D eigenvalue weighted by Crippen LogP contribution is -2.02. The molecule has 4 nitrogen and oxygen atoms in total. The summed E-state index contributed by atoms with van der Waals surface area (Å²) in [5.74, 6) is 0.944. The number of hydrogen-bond donors (Lipinski definition) is 2. The number of H-pyrrole nitrogens is 1. The van der Waals surface area contributed by atoms with Crippen LogP contribution in [0.5, 0.6) is 5.75 Å². The summed E-state index contributed by atoms with van der Waals surface area (Å²) in [6.07, 6.45) is 7.57. The van der Waals surface area contributed by atoms with Gasteiger partial charge in [0, 0.05) is 30.3 Å². The molecule has 1 aromatic carbocycles. The van der Waals surface area contributed by atoms with Gasteiger partial charge >= 0.3 is 0 Å². The number of unbranched alkanes of at least 4 members (excludes halogenated alkanes) is 3. The maximum Gasteiger partial charge on any atom is 0.120 e. The number of hydrogen-bond acceptors (Lipinski definition) is 3. The molecule has 0 bridgehead atoms. The van der Waals surface area contributed by atoms with Gasteiger partial charge in [0.25, 0.3) is 0 Å². The van der Waals surface area contributed by atoms with E-state index in [4.69, 9.17) is 15.2 Å². The molecule has 23 heavy (non-hydrogen) atoms. The largest absolute Gasteiger partial charge is 0.494 e. The fourth-order valence-electron chi connectivity index (χ4n) is 2.60. The third-order valence-electron chi connectivity index (χ3n) is 3.81. The monoisotopic (exact) mass is 340 g/mol. The first-order valence-corrected chi connectivity index (χ1v) is 8.35. The molecule has 2 aromatic rings. The molecule has 0 fully saturated rings. The number of fused-ring (bicyclic) bond motifs is 1. The van der Waals surface area contributed by atoms with Crippen molar-refractivity contribution < 1.29 is 9.47 Å². The van der Waals surface area contributed by atoms with Crippen molar-refractivity contribution in [1.82, 2.24) is 4.98 Å². The molecule has 0 unspecified atom stereocenters. The van der Waals surface area contributed by atoms with Crippen LogP contribution in [0.15, 0.2) is 24.4 Å². The fourth-order valence-corrected chi connectivity index (χ4v) is 2.60. The molecule has 0 amide bonds. The Balaban J connectivity index is 0.00000264. The van der Waals surface area contributed by atoms with Gasteiger partial charge in [-0.2, -0.15) is 0 Å². The Kier molecular flexibility index (Phi) is 9.76. The van der Waals surface area contributed by atoms with Crippen LogP contribution in [0.3, 0.4) is 0 Å². The highest BCUT2D eigenvalue weighted by atomic mass is 35.5. The van der Waals surface area contributed by atoms with Crippen molar-refractivity contribution in [1.29, 1.82) is 0 Å². The van der Waals surface area contributed by atoms with Crippen LogP contribution in [0.1, 0.15) is 38.2 Å². The van der Waals surface area contributed by atoms with Gasteiger partial charge in [0.15, 0.2) is 0 Å². The lowest BCUT2D eigenvalue weighted by molar-refractivity contribution is 0.142. The third kappa shape index (κ3) is 6.42. The van der Waals surface area contributed by atoms with E-state index in [0.717, 1.165) is 50.3 Å². The fraction of sp³-hybridized carbons (Fsp3) is 0.556. The SMILES string of the molecule is CCOCCCCCCOc1ccc2[nH]cc(CCN)c2c1.Cl. The van der Waals surface area contributed by atoms with Gasteiger partial charge in [0.05, 0.1) is 6.61 Å². The van der Waals surface area contributed by atoms with Gasteiger partial charge in [0.2, 0.25) is 0 Å². The molecule has 2 rings (SSSR count). The highest BCUT2D eigenvalue weighted by Crippen LogP contribution is 2.24. The molecule has 0 aliphatic rings. The zero-order chi connectivity index (χ0) is 15.6. The standard InChI is InChI=1S/C18H28N2O2.ClH/c1-2-21-11-5-3-4-6-12-22-16-7-8-18-17(13-16)15(9-10-19)14-20-18;/h7-8,13-14,20H,2-6,9-12,19H2,1H3;1H. The Hall–Kier alpha value is -1.23. The highest BCUT2D eigenvalue weighted by molar-refractivity contribution is 5.85. The summed E-state index contributed by atoms with van der Waals surface area (Å²) in [5.41, 5.74) is 8.06. The van der Waals surface area contributed by atoms with E-state index in [1.54, 1.807) is 0 Å². The van der Waals surface area contributed by atoms with Gasteiger partial charge in [-0.3, -0.25) is 0 Å². The number of halogens is 1. The van der Waals surface area contributed by atoms with Crippen molar-refractivity contribution in [3.8, 4) is 5.75 Å². The van der Waals surface area contributed by atoms with E-state index in [2.05, 4.69) is 17.1 Å². The molecule has 0 spiro atoms. The molecule has 1 heterocycles. The van der Waals surface area contributed by atoms with Crippen molar-refractivity contribution in [2.75, 3.05) is 26.4 Å². The summed E-state index contributed by atoms with van der Waals surface area (Å²) in [4.78, 5) is 3.28. The van der Waals surface area contributed by atoms with Crippen LogP contribution in [-0.4, -0.2) is 31.3 Å². The quantitative estimate of drug-likeness (QED) is 0.606. The van der Waals surface area contributed by atoms with Crippen LogP contribution in [0.25, 0.3) is 10.9 Å². The van der Waals surface area contributed by atoms with Crippen molar-refractivity contribution >= 4 is 23.3 Å². The first kappa shape index (κ1) is 19.8. The second-order valence-electron chi connectivity index (χ2n) is 5.52. The Labute approximate surface area is 145 Å². The lowest BCUT2D eigenvalue weighted by atomic mass is 10.1. The maximum atomic E-state index is 5.87. The predicted octanol–water partition coefficient (Wildman–Crippen LogP) is 4.07. The van der Waals surface area contributed by atoms with Gasteiger partial charge in [-0.1, -0.05) is 6.42 Å². The van der Waals surface area contributed by atoms with E-state index < -0.39 is 0 Å². The third-order valence-corrected chi connectivity index (χ3v) is 3.81. The van der Waals surface area contributed by atoms with Gasteiger partial charge in [0.1, 0.15) is 5.75 Å². The minimum Gasteiger partial charge on any atom is -0.494 e. The maximum absolute atomic E-state index is 5.87. The summed E-state index contributed by atoms with van der Waals surface area (Å²) in [5, 5.41) is 1.22. The van der Waals surface area contributed by atoms with Crippen LogP contribution in [0.4, 0.5) is 0 Å². The van der Waals surface area contributed by atoms with Gasteiger partial charge in [-0.25, -0.2) is 0 Å². The Bertz CT molecular complexity index is 557. The smallest absolute Gasteiger partial charge is 0.120 e. The predicted molar refractivity (Wildman–Crippen MR) is 98.8 cm³/mol. The zero-order valence-corrected chi connectivity index (χ0v) is 14.8. The summed E-state index contributed by atoms with van der Waals surface area (Å²) in [7, 11) is 0. The molecule has 1 aromatic heterocycles. The van der Waals surface area contributed by atoms with Gasteiger partial charge in [-0.05, 0) is 62.9 Å². The molecule has 5 heteroatoms. The van der Waals surface area contributed by atoms with Crippen molar-refractivity contribution in [3.05, 3.63) is 30.0 Å². The molecular weight excluding hydrogens is 312 g/mol. The first-order chi connectivity index (χ1) is 10.8. The summed E-state index contributed by atoms with van der Waals surface area (Å²) in [6, 6.07) is 6.22. The van der Waals surface area contributed by atoms with E-state index in [1.165, 1.54) is 23.8 Å². The first-order valence-electron chi connectivity index (χ1n) is 8.35. The Morgan fingerprint density at radius 3 is 2.61 bits per heavy atom. The molecule has 130 valence electrons. The van der Waals surface area contributed by atoms with Crippen LogP contribution in [0, 0.1) is 0 Å². The molecule has 0 aliphatic heterocycles. The van der Waals surface area contributed by atoms with Crippen molar-refractivity contribution in [2.45, 2.75) is 39.0 Å². The minimum atomic E-state index is 0. The average Bonchev–Trinajstić information content (AvgIpc) is 2.93. The topological polar surface area (TPSA) is 60.3 Å². The molecule has 0 aliphatic carbocycles. The second kappa shape index (κ2) is 11.3. The van der Waals surface area contributed by atoms with E-state index in [9.17, 15) is 0 Å². The number of nitrogens with one attached hydrogen (secondary N) is 1. The van der Waals surface area contributed by atoms with Gasteiger partial charge < -0.3 is 20.2 Å². The van der Waals surface area contributed by atoms with E-state index in [0.29, 0.717) is 6.54 Å². The normalized spacial score (nSPS) is 10.7. The number of nitrogens with two attached hydrogens (primary N) is 1. The van der Waals surface area contributed by atoms with Crippen molar-refractivity contribution in [3.63, 3.8) is 0 Å². The molecule has 0 radical (unpaired) electrons. The van der Waals surface area contributed by atoms with Crippen LogP contribution in [-0.2, 0) is 11.2 Å². The van der Waals surface area contributed by atoms with E-state index >= 15 is 0 Å². The lowest BCUT2D eigenvalue weighted by Gasteiger charge is -2.07. The summed E-state index contributed by atoms with van der Waals surface area (Å²) < 4.78 is 11.2. The highest BCUT2D eigenvalue weighted by Gasteiger charge is 2.04. The summed E-state index contributed by atoms with van der Waals surface area (Å²) >= 11 is 0. The minimum absolute atomic E-state index is 0. The Morgan fingerprint density at radius 1 is 1.09 bits per heavy atom. The number of aromatic nitrogens is 1. The zero-order valence-electron chi connectivity index (χ0n) is 14.0. The number of benzene rings is 1. The van der Waals surface area contributed by atoms with Crippen LogP contribution in [0.2, 0.25) is 0 Å². The average molecular weight is 341 g/mol. The molecule has 0 saturated heterocycles. The number of rotatable bonds is 11. The molecule has 0 atom stereocenters. The Morgan fingerprint density at radius 2 is 1.87 bits per heavy atom. The van der Waals surface area contributed by atoms with Crippen LogP contribution < -0.4 is 10.5 Å². The summed E-state index contributed by atoms with van der Waals surface area (Å²) in [6.45, 7) is 5.17. The van der Waals surface area contributed by atoms with E-state index in [-0.39, 0.29) is 12.4 Å². The number of aromatic amines is 1. The van der Waals surface area contributed by atoms with Gasteiger partial charge in [-0.15, -0.1) is 12.4 Å². The molecule has 3 N–H and O–H groups in total. The number of ether oxygens (including phenoxy) is 2. The molecule has 0 saturated carbocycles.